The molecule has 8 heteroatoms. The molecule has 0 aliphatic carbocycles. The first kappa shape index (κ1) is 23.1. The zero-order valence-corrected chi connectivity index (χ0v) is 19.9. The molecule has 0 saturated carbocycles. The molecule has 6 nitrogen and oxygen atoms in total. The number of para-hydroxylation sites is 1. The van der Waals surface area contributed by atoms with E-state index in [1.54, 1.807) is 6.08 Å². The number of allylic oxidation sites excluding steroid dienone is 1. The monoisotopic (exact) mass is 500 g/mol. The molecule has 3 aromatic rings. The number of hydrogen-bond acceptors (Lipinski definition) is 5. The van der Waals surface area contributed by atoms with E-state index in [0.717, 1.165) is 27.9 Å². The smallest absolute Gasteiger partial charge is 0.234 e. The Bertz CT molecular complexity index is 1040. The van der Waals surface area contributed by atoms with Crippen LogP contribution in [0.4, 0.5) is 5.69 Å². The highest BCUT2D eigenvalue weighted by molar-refractivity contribution is 9.10. The van der Waals surface area contributed by atoms with Crippen LogP contribution in [0.5, 0.6) is 5.75 Å². The normalized spacial score (nSPS) is 11.7. The first-order valence-corrected chi connectivity index (χ1v) is 11.8. The topological polar surface area (TPSA) is 69.0 Å². The lowest BCUT2D eigenvalue weighted by molar-refractivity contribution is -0.113. The Kier molecular flexibility index (Phi) is 8.31. The molecule has 31 heavy (non-hydrogen) atoms. The summed E-state index contributed by atoms with van der Waals surface area (Å²) >= 11 is 4.76. The number of benzene rings is 2. The molecule has 162 valence electrons. The van der Waals surface area contributed by atoms with Crippen LogP contribution in [0.2, 0.25) is 0 Å². The van der Waals surface area contributed by atoms with Gasteiger partial charge in [0, 0.05) is 16.7 Å². The SMILES string of the molecule is C=CCn1c(SCC(=O)Nc2ccccc2CC)nnc1C(C)Oc1ccc(Br)cc1. The molecule has 2 aromatic carbocycles. The fraction of sp³-hybridized carbons (Fsp3) is 0.261. The highest BCUT2D eigenvalue weighted by Crippen LogP contribution is 2.26. The number of halogens is 1. The largest absolute Gasteiger partial charge is 0.483 e. The fourth-order valence-electron chi connectivity index (χ4n) is 3.05. The van der Waals surface area contributed by atoms with Crippen LogP contribution in [-0.2, 0) is 17.8 Å². The van der Waals surface area contributed by atoms with Crippen LogP contribution in [0, 0.1) is 0 Å². The van der Waals surface area contributed by atoms with Gasteiger partial charge in [0.1, 0.15) is 5.75 Å². The number of anilines is 1. The van der Waals surface area contributed by atoms with Crippen molar-refractivity contribution in [2.24, 2.45) is 0 Å². The van der Waals surface area contributed by atoms with Crippen molar-refractivity contribution >= 4 is 39.3 Å². The van der Waals surface area contributed by atoms with E-state index in [4.69, 9.17) is 4.74 Å². The summed E-state index contributed by atoms with van der Waals surface area (Å²) in [4.78, 5) is 12.5. The number of amides is 1. The molecule has 0 spiro atoms. The van der Waals surface area contributed by atoms with E-state index in [2.05, 4.69) is 44.9 Å². The average Bonchev–Trinajstić information content (AvgIpc) is 3.17. The summed E-state index contributed by atoms with van der Waals surface area (Å²) in [7, 11) is 0. The van der Waals surface area contributed by atoms with Crippen LogP contribution >= 0.6 is 27.7 Å². The van der Waals surface area contributed by atoms with E-state index in [9.17, 15) is 4.79 Å². The van der Waals surface area contributed by atoms with Crippen molar-refractivity contribution in [1.82, 2.24) is 14.8 Å². The Balaban J connectivity index is 1.67. The molecule has 0 saturated heterocycles. The van der Waals surface area contributed by atoms with Crippen molar-refractivity contribution in [3.05, 3.63) is 77.0 Å². The minimum Gasteiger partial charge on any atom is -0.483 e. The van der Waals surface area contributed by atoms with Gasteiger partial charge in [-0.15, -0.1) is 16.8 Å². The van der Waals surface area contributed by atoms with E-state index in [1.165, 1.54) is 11.8 Å². The van der Waals surface area contributed by atoms with Crippen molar-refractivity contribution in [3.63, 3.8) is 0 Å². The van der Waals surface area contributed by atoms with E-state index in [1.807, 2.05) is 60.0 Å². The highest BCUT2D eigenvalue weighted by atomic mass is 79.9. The summed E-state index contributed by atoms with van der Waals surface area (Å²) in [6.45, 7) is 8.35. The van der Waals surface area contributed by atoms with Crippen LogP contribution in [-0.4, -0.2) is 26.4 Å². The fourth-order valence-corrected chi connectivity index (χ4v) is 4.06. The maximum Gasteiger partial charge on any atom is 0.234 e. The number of carbonyl (C=O) groups is 1. The molecule has 1 aromatic heterocycles. The highest BCUT2D eigenvalue weighted by Gasteiger charge is 2.20. The quantitative estimate of drug-likeness (QED) is 0.287. The lowest BCUT2D eigenvalue weighted by Gasteiger charge is -2.16. The summed E-state index contributed by atoms with van der Waals surface area (Å²) < 4.78 is 8.93. The summed E-state index contributed by atoms with van der Waals surface area (Å²) in [6.07, 6.45) is 2.32. The first-order chi connectivity index (χ1) is 15.0. The molecule has 1 unspecified atom stereocenters. The zero-order chi connectivity index (χ0) is 22.2. The first-order valence-electron chi connectivity index (χ1n) is 9.98. The maximum atomic E-state index is 12.5. The van der Waals surface area contributed by atoms with Crippen LogP contribution in [0.1, 0.15) is 31.3 Å². The van der Waals surface area contributed by atoms with Gasteiger partial charge in [0.15, 0.2) is 17.1 Å². The Morgan fingerprint density at radius 1 is 1.26 bits per heavy atom. The van der Waals surface area contributed by atoms with Crippen LogP contribution in [0.25, 0.3) is 0 Å². The van der Waals surface area contributed by atoms with Crippen molar-refractivity contribution < 1.29 is 9.53 Å². The van der Waals surface area contributed by atoms with Crippen LogP contribution in [0.15, 0.2) is 70.8 Å². The standard InChI is InChI=1S/C23H25BrN4O2S/c1-4-14-28-22(16(3)30-19-12-10-18(24)11-13-19)26-27-23(28)31-15-21(29)25-20-9-7-6-8-17(20)5-2/h4,6-13,16H,1,5,14-15H2,2-3H3,(H,25,29). The van der Waals surface area contributed by atoms with E-state index >= 15 is 0 Å². The molecule has 0 fully saturated rings. The van der Waals surface area contributed by atoms with Gasteiger partial charge in [0.05, 0.1) is 5.75 Å². The number of thioether (sulfide) groups is 1. The van der Waals surface area contributed by atoms with E-state index < -0.39 is 0 Å². The van der Waals surface area contributed by atoms with Gasteiger partial charge in [0.2, 0.25) is 5.91 Å². The van der Waals surface area contributed by atoms with Gasteiger partial charge in [-0.3, -0.25) is 9.36 Å². The third kappa shape index (κ3) is 6.21. The summed E-state index contributed by atoms with van der Waals surface area (Å²) in [5, 5.41) is 12.2. The lowest BCUT2D eigenvalue weighted by atomic mass is 10.1. The molecule has 1 heterocycles. The van der Waals surface area contributed by atoms with Crippen molar-refractivity contribution in [2.75, 3.05) is 11.1 Å². The number of carbonyl (C=O) groups excluding carboxylic acids is 1. The lowest BCUT2D eigenvalue weighted by Crippen LogP contribution is -2.16. The zero-order valence-electron chi connectivity index (χ0n) is 17.5. The summed E-state index contributed by atoms with van der Waals surface area (Å²) in [6, 6.07) is 15.5. The molecule has 0 aliphatic heterocycles. The number of aromatic nitrogens is 3. The van der Waals surface area contributed by atoms with Crippen LogP contribution in [0.3, 0.4) is 0 Å². The van der Waals surface area contributed by atoms with Gasteiger partial charge in [-0.1, -0.05) is 58.9 Å². The predicted molar refractivity (Wildman–Crippen MR) is 129 cm³/mol. The molecule has 0 radical (unpaired) electrons. The molecule has 0 aliphatic rings. The van der Waals surface area contributed by atoms with E-state index in [-0.39, 0.29) is 17.8 Å². The van der Waals surface area contributed by atoms with Gasteiger partial charge in [-0.25, -0.2) is 0 Å². The third-order valence-electron chi connectivity index (χ3n) is 4.55. The molecule has 1 amide bonds. The average molecular weight is 501 g/mol. The molecule has 1 atom stereocenters. The third-order valence-corrected chi connectivity index (χ3v) is 6.05. The predicted octanol–water partition coefficient (Wildman–Crippen LogP) is 5.66. The van der Waals surface area contributed by atoms with Crippen molar-refractivity contribution in [2.45, 2.75) is 38.1 Å². The Morgan fingerprint density at radius 2 is 2.00 bits per heavy atom. The van der Waals surface area contributed by atoms with Gasteiger partial charge in [0.25, 0.3) is 0 Å². The van der Waals surface area contributed by atoms with Crippen LogP contribution < -0.4 is 10.1 Å². The Morgan fingerprint density at radius 3 is 2.71 bits per heavy atom. The minimum atomic E-state index is -0.312. The second kappa shape index (κ2) is 11.2. The number of ether oxygens (including phenoxy) is 1. The van der Waals surface area contributed by atoms with Gasteiger partial charge in [-0.2, -0.15) is 0 Å². The number of hydrogen-bond donors (Lipinski definition) is 1. The van der Waals surface area contributed by atoms with Gasteiger partial charge < -0.3 is 10.1 Å². The maximum absolute atomic E-state index is 12.5. The Hall–Kier alpha value is -2.58. The Labute approximate surface area is 195 Å². The van der Waals surface area contributed by atoms with Crippen molar-refractivity contribution in [3.8, 4) is 5.75 Å². The molecular weight excluding hydrogens is 476 g/mol. The molecule has 1 N–H and O–H groups in total. The van der Waals surface area contributed by atoms with Gasteiger partial charge >= 0.3 is 0 Å². The summed E-state index contributed by atoms with van der Waals surface area (Å²) in [5.74, 6) is 1.57. The number of rotatable bonds is 10. The minimum absolute atomic E-state index is 0.0836. The van der Waals surface area contributed by atoms with E-state index in [0.29, 0.717) is 17.5 Å². The second-order valence-electron chi connectivity index (χ2n) is 6.80. The number of nitrogens with one attached hydrogen (secondary N) is 1. The van der Waals surface area contributed by atoms with Crippen molar-refractivity contribution in [1.29, 1.82) is 0 Å². The van der Waals surface area contributed by atoms with Gasteiger partial charge in [-0.05, 0) is 49.2 Å². The second-order valence-corrected chi connectivity index (χ2v) is 8.66. The number of nitrogens with zero attached hydrogens (tertiary/aromatic N) is 3. The molecule has 0 bridgehead atoms. The summed E-state index contributed by atoms with van der Waals surface area (Å²) in [5.41, 5.74) is 1.96. The number of aryl methyl sites for hydroxylation is 1. The molecule has 3 rings (SSSR count). The molecular formula is C23H25BrN4O2S.